The number of allylic oxidation sites excluding steroid dienone is 2. The first kappa shape index (κ1) is 20.4. The zero-order chi connectivity index (χ0) is 21.0. The fourth-order valence-corrected chi connectivity index (χ4v) is 3.40. The van der Waals surface area contributed by atoms with Crippen LogP contribution in [0.2, 0.25) is 0 Å². The van der Waals surface area contributed by atoms with E-state index in [0.29, 0.717) is 11.6 Å². The molecule has 0 aromatic heterocycles. The molecule has 0 fully saturated rings. The van der Waals surface area contributed by atoms with E-state index < -0.39 is 20.7 Å². The van der Waals surface area contributed by atoms with Crippen LogP contribution in [0.5, 0.6) is 5.75 Å². The monoisotopic (exact) mass is 411 g/mol. The third kappa shape index (κ3) is 4.75. The summed E-state index contributed by atoms with van der Waals surface area (Å²) in [4.78, 5) is 13.7. The minimum absolute atomic E-state index is 0.0401. The number of carbonyl (C=O) groups is 1. The van der Waals surface area contributed by atoms with Gasteiger partial charge in [0.05, 0.1) is 5.69 Å². The molecule has 6 nitrogen and oxygen atoms in total. The predicted octanol–water partition coefficient (Wildman–Crippen LogP) is 3.67. The van der Waals surface area contributed by atoms with Crippen LogP contribution in [0.15, 0.2) is 78.1 Å². The van der Waals surface area contributed by atoms with Crippen molar-refractivity contribution in [2.75, 3.05) is 18.2 Å². The first-order valence-corrected chi connectivity index (χ1v) is 10.7. The number of hydrogen-bond acceptors (Lipinski definition) is 6. The molecule has 0 N–H and O–H groups in total. The van der Waals surface area contributed by atoms with Crippen molar-refractivity contribution >= 4 is 27.6 Å². The van der Waals surface area contributed by atoms with Crippen LogP contribution < -0.4 is 9.64 Å². The minimum atomic E-state index is -3.80. The van der Waals surface area contributed by atoms with Gasteiger partial charge >= 0.3 is 5.97 Å². The second-order valence-electron chi connectivity index (χ2n) is 6.46. The molecule has 0 saturated carbocycles. The van der Waals surface area contributed by atoms with Crippen molar-refractivity contribution in [2.24, 2.45) is 0 Å². The summed E-state index contributed by atoms with van der Waals surface area (Å²) in [5, 5.41) is 0. The molecule has 2 aromatic rings. The number of fused-ring (bicyclic) bond motifs is 1. The van der Waals surface area contributed by atoms with Gasteiger partial charge in [0.1, 0.15) is 6.61 Å². The van der Waals surface area contributed by atoms with E-state index in [1.54, 1.807) is 36.2 Å². The molecule has 0 amide bonds. The fraction of sp³-hybridized carbons (Fsp3) is 0.136. The quantitative estimate of drug-likeness (QED) is 0.533. The highest BCUT2D eigenvalue weighted by atomic mass is 32.2. The lowest BCUT2D eigenvalue weighted by atomic mass is 10.1. The van der Waals surface area contributed by atoms with E-state index >= 15 is 0 Å². The summed E-state index contributed by atoms with van der Waals surface area (Å²) >= 11 is 0. The maximum absolute atomic E-state index is 12.4. The number of esters is 1. The Balaban J connectivity index is 1.77. The number of benzene rings is 2. The van der Waals surface area contributed by atoms with Crippen LogP contribution in [-0.2, 0) is 26.0 Å². The van der Waals surface area contributed by atoms with Gasteiger partial charge in [0.15, 0.2) is 26.4 Å². The molecule has 1 aliphatic rings. The van der Waals surface area contributed by atoms with Crippen molar-refractivity contribution in [3.8, 4) is 5.75 Å². The Morgan fingerprint density at radius 2 is 1.86 bits per heavy atom. The number of carbonyl (C=O) groups excluding carboxylic acids is 1. The highest BCUT2D eigenvalue weighted by Crippen LogP contribution is 2.37. The molecule has 1 heterocycles. The summed E-state index contributed by atoms with van der Waals surface area (Å²) in [5.74, 6) is 0.136. The fourth-order valence-electron chi connectivity index (χ4n) is 2.73. The third-order valence-corrected chi connectivity index (χ3v) is 5.44. The molecule has 150 valence electrons. The molecule has 0 radical (unpaired) electrons. The Morgan fingerprint density at radius 1 is 1.17 bits per heavy atom. The number of nitrogens with zero attached hydrogens (tertiary/aromatic N) is 1. The Bertz CT molecular complexity index is 1100. The largest absolute Gasteiger partial charge is 0.457 e. The molecule has 7 heteroatoms. The Labute approximate surface area is 170 Å². The second kappa shape index (κ2) is 8.36. The van der Waals surface area contributed by atoms with Crippen LogP contribution in [0.25, 0.3) is 6.08 Å². The standard InChI is InChI=1S/C22H21NO5S/c1-4-16-9-11-17(12-10-16)15-27-22(24)20(29(3,25)26)13-14-21-23(2)18-7-5-6-8-19(18)28-21/h4-14H,1,15H2,2-3H3/b20-13-,21-14-. The van der Waals surface area contributed by atoms with Crippen molar-refractivity contribution in [2.45, 2.75) is 6.61 Å². The molecule has 0 unspecified atom stereocenters. The van der Waals surface area contributed by atoms with Gasteiger partial charge in [-0.25, -0.2) is 13.2 Å². The van der Waals surface area contributed by atoms with Gasteiger partial charge in [-0.1, -0.05) is 49.1 Å². The summed E-state index contributed by atoms with van der Waals surface area (Å²) in [6.07, 6.45) is 5.31. The molecule has 0 bridgehead atoms. The molecule has 2 aromatic carbocycles. The molecular formula is C22H21NO5S. The van der Waals surface area contributed by atoms with E-state index in [0.717, 1.165) is 23.1 Å². The maximum atomic E-state index is 12.4. The summed E-state index contributed by atoms with van der Waals surface area (Å²) in [5.41, 5.74) is 2.52. The van der Waals surface area contributed by atoms with Crippen molar-refractivity contribution < 1.29 is 22.7 Å². The highest BCUT2D eigenvalue weighted by molar-refractivity contribution is 7.95. The van der Waals surface area contributed by atoms with Gasteiger partial charge in [0, 0.05) is 19.4 Å². The van der Waals surface area contributed by atoms with Crippen molar-refractivity contribution in [3.05, 3.63) is 89.2 Å². The van der Waals surface area contributed by atoms with Crippen LogP contribution in [0.4, 0.5) is 5.69 Å². The maximum Gasteiger partial charge on any atom is 0.350 e. The Morgan fingerprint density at radius 3 is 2.48 bits per heavy atom. The molecule has 0 atom stereocenters. The first-order chi connectivity index (χ1) is 13.8. The van der Waals surface area contributed by atoms with Gasteiger partial charge in [-0.3, -0.25) is 0 Å². The van der Waals surface area contributed by atoms with Gasteiger partial charge in [-0.2, -0.15) is 0 Å². The molecule has 0 saturated heterocycles. The highest BCUT2D eigenvalue weighted by Gasteiger charge is 2.24. The summed E-state index contributed by atoms with van der Waals surface area (Å²) in [6.45, 7) is 3.64. The Kier molecular flexibility index (Phi) is 5.89. The molecular weight excluding hydrogens is 390 g/mol. The molecule has 29 heavy (non-hydrogen) atoms. The Hall–Kier alpha value is -3.32. The molecule has 3 rings (SSSR count). The zero-order valence-electron chi connectivity index (χ0n) is 16.2. The predicted molar refractivity (Wildman–Crippen MR) is 113 cm³/mol. The van der Waals surface area contributed by atoms with Crippen molar-refractivity contribution in [1.82, 2.24) is 0 Å². The van der Waals surface area contributed by atoms with E-state index in [-0.39, 0.29) is 6.61 Å². The number of ether oxygens (including phenoxy) is 2. The number of para-hydroxylation sites is 2. The van der Waals surface area contributed by atoms with E-state index in [1.165, 1.54) is 12.2 Å². The molecule has 1 aliphatic heterocycles. The zero-order valence-corrected chi connectivity index (χ0v) is 17.0. The lowest BCUT2D eigenvalue weighted by molar-refractivity contribution is -0.139. The van der Waals surface area contributed by atoms with E-state index in [1.807, 2.05) is 30.3 Å². The normalized spacial score (nSPS) is 15.0. The van der Waals surface area contributed by atoms with Gasteiger partial charge in [0.25, 0.3) is 0 Å². The minimum Gasteiger partial charge on any atom is -0.457 e. The number of rotatable bonds is 6. The number of sulfone groups is 1. The third-order valence-electron chi connectivity index (χ3n) is 4.34. The van der Waals surface area contributed by atoms with Crippen molar-refractivity contribution in [1.29, 1.82) is 0 Å². The molecule has 0 aliphatic carbocycles. The van der Waals surface area contributed by atoms with Crippen LogP contribution in [0.3, 0.4) is 0 Å². The van der Waals surface area contributed by atoms with Crippen LogP contribution in [0, 0.1) is 0 Å². The van der Waals surface area contributed by atoms with Crippen LogP contribution in [-0.4, -0.2) is 27.7 Å². The van der Waals surface area contributed by atoms with Crippen LogP contribution in [0.1, 0.15) is 11.1 Å². The average molecular weight is 411 g/mol. The average Bonchev–Trinajstić information content (AvgIpc) is 3.02. The number of anilines is 1. The first-order valence-electron chi connectivity index (χ1n) is 8.81. The van der Waals surface area contributed by atoms with Gasteiger partial charge in [0.2, 0.25) is 0 Å². The van der Waals surface area contributed by atoms with E-state index in [9.17, 15) is 13.2 Å². The van der Waals surface area contributed by atoms with E-state index in [4.69, 9.17) is 9.47 Å². The van der Waals surface area contributed by atoms with Crippen molar-refractivity contribution in [3.63, 3.8) is 0 Å². The second-order valence-corrected chi connectivity index (χ2v) is 8.44. The summed E-state index contributed by atoms with van der Waals surface area (Å²) in [7, 11) is -2.01. The molecule has 0 spiro atoms. The van der Waals surface area contributed by atoms with Crippen LogP contribution >= 0.6 is 0 Å². The summed E-state index contributed by atoms with van der Waals surface area (Å²) < 4.78 is 35.1. The SMILES string of the molecule is C=Cc1ccc(COC(=O)/C(=C/C=C2\Oc3ccccc3N2C)S(C)(=O)=O)cc1. The van der Waals surface area contributed by atoms with E-state index in [2.05, 4.69) is 6.58 Å². The van der Waals surface area contributed by atoms with Gasteiger partial charge in [-0.15, -0.1) is 0 Å². The smallest absolute Gasteiger partial charge is 0.350 e. The topological polar surface area (TPSA) is 72.9 Å². The van der Waals surface area contributed by atoms with Gasteiger partial charge < -0.3 is 14.4 Å². The summed E-state index contributed by atoms with van der Waals surface area (Å²) in [6, 6.07) is 14.6. The number of hydrogen-bond donors (Lipinski definition) is 0. The lowest BCUT2D eigenvalue weighted by Gasteiger charge is -2.10. The lowest BCUT2D eigenvalue weighted by Crippen LogP contribution is -2.16. The van der Waals surface area contributed by atoms with Gasteiger partial charge in [-0.05, 0) is 29.3 Å².